The van der Waals surface area contributed by atoms with Crippen LogP contribution in [0.3, 0.4) is 0 Å². The van der Waals surface area contributed by atoms with Crippen molar-refractivity contribution in [3.63, 3.8) is 0 Å². The molecular weight excluding hydrogens is 479 g/mol. The molecule has 1 amide bonds. The zero-order valence-corrected chi connectivity index (χ0v) is 20.2. The maximum absolute atomic E-state index is 14.5. The molecule has 8 heteroatoms. The van der Waals surface area contributed by atoms with Crippen LogP contribution in [0.5, 0.6) is 0 Å². The first-order chi connectivity index (χ1) is 17.4. The molecule has 36 heavy (non-hydrogen) atoms. The molecule has 1 aromatic heterocycles. The number of amides is 1. The lowest BCUT2D eigenvalue weighted by atomic mass is 9.95. The molecule has 0 bridgehead atoms. The van der Waals surface area contributed by atoms with Gasteiger partial charge in [0.05, 0.1) is 23.4 Å². The van der Waals surface area contributed by atoms with Crippen molar-refractivity contribution in [2.45, 2.75) is 31.3 Å². The zero-order chi connectivity index (χ0) is 25.3. The van der Waals surface area contributed by atoms with Gasteiger partial charge in [0.25, 0.3) is 0 Å². The summed E-state index contributed by atoms with van der Waals surface area (Å²) in [6.45, 7) is 1.69. The normalized spacial score (nSPS) is 14.5. The summed E-state index contributed by atoms with van der Waals surface area (Å²) in [5, 5.41) is 16.4. The predicted octanol–water partition coefficient (Wildman–Crippen LogP) is 7.20. The number of aromatic nitrogens is 2. The molecule has 0 radical (unpaired) electrons. The van der Waals surface area contributed by atoms with E-state index in [-0.39, 0.29) is 11.2 Å². The minimum absolute atomic E-state index is 0.130. The van der Waals surface area contributed by atoms with E-state index in [0.29, 0.717) is 16.3 Å². The Balaban J connectivity index is 1.31. The third-order valence-corrected chi connectivity index (χ3v) is 6.76. The van der Waals surface area contributed by atoms with Gasteiger partial charge in [0.15, 0.2) is 11.6 Å². The summed E-state index contributed by atoms with van der Waals surface area (Å²) < 4.78 is 21.2. The van der Waals surface area contributed by atoms with Crippen LogP contribution in [0.1, 0.15) is 37.0 Å². The first kappa shape index (κ1) is 23.6. The van der Waals surface area contributed by atoms with E-state index in [0.717, 1.165) is 35.7 Å². The van der Waals surface area contributed by atoms with E-state index in [1.165, 1.54) is 4.68 Å². The molecule has 0 spiro atoms. The molecule has 6 nitrogen and oxygen atoms in total. The van der Waals surface area contributed by atoms with E-state index in [1.807, 2.05) is 36.4 Å². The summed E-state index contributed by atoms with van der Waals surface area (Å²) in [4.78, 5) is 12.5. The van der Waals surface area contributed by atoms with Gasteiger partial charge in [-0.1, -0.05) is 66.2 Å². The van der Waals surface area contributed by atoms with Crippen molar-refractivity contribution in [3.8, 4) is 22.9 Å². The lowest BCUT2D eigenvalue weighted by molar-refractivity contribution is 0.121. The summed E-state index contributed by atoms with van der Waals surface area (Å²) in [6.07, 6.45) is 1.38. The molecule has 1 aliphatic carbocycles. The molecule has 3 aromatic carbocycles. The molecular formula is C28H22ClFN4O2. The van der Waals surface area contributed by atoms with Gasteiger partial charge in [-0.25, -0.2) is 13.9 Å². The molecule has 0 aliphatic heterocycles. The van der Waals surface area contributed by atoms with Crippen LogP contribution in [0, 0.1) is 17.1 Å². The van der Waals surface area contributed by atoms with Crippen molar-refractivity contribution in [1.82, 2.24) is 9.78 Å². The first-order valence-corrected chi connectivity index (χ1v) is 11.9. The van der Waals surface area contributed by atoms with Gasteiger partial charge in [0.1, 0.15) is 6.10 Å². The molecule has 1 atom stereocenters. The number of nitrogens with zero attached hydrogens (tertiary/aromatic N) is 3. The molecule has 1 fully saturated rings. The Kier molecular flexibility index (Phi) is 6.21. The summed E-state index contributed by atoms with van der Waals surface area (Å²) in [7, 11) is 0. The van der Waals surface area contributed by atoms with Crippen molar-refractivity contribution in [2.75, 3.05) is 5.32 Å². The number of hydrogen-bond donors (Lipinski definition) is 1. The molecule has 0 saturated heterocycles. The van der Waals surface area contributed by atoms with Crippen LogP contribution >= 0.6 is 11.6 Å². The highest BCUT2D eigenvalue weighted by atomic mass is 35.5. The van der Waals surface area contributed by atoms with Gasteiger partial charge < -0.3 is 4.74 Å². The summed E-state index contributed by atoms with van der Waals surface area (Å²) >= 11 is 6.17. The lowest BCUT2D eigenvalue weighted by Crippen LogP contribution is -2.19. The zero-order valence-electron chi connectivity index (χ0n) is 19.4. The monoisotopic (exact) mass is 500 g/mol. The number of nitrogens with one attached hydrogen (secondary N) is 1. The van der Waals surface area contributed by atoms with Crippen LogP contribution in [0.4, 0.5) is 15.0 Å². The molecule has 1 N–H and O–H groups in total. The van der Waals surface area contributed by atoms with Crippen LogP contribution in [-0.4, -0.2) is 15.9 Å². The molecule has 1 saturated carbocycles. The number of anilines is 1. The van der Waals surface area contributed by atoms with Gasteiger partial charge in [0, 0.05) is 10.6 Å². The van der Waals surface area contributed by atoms with E-state index in [4.69, 9.17) is 16.3 Å². The average molecular weight is 501 g/mol. The van der Waals surface area contributed by atoms with Gasteiger partial charge in [0.2, 0.25) is 0 Å². The number of ether oxygens (including phenoxy) is 1. The number of halogens is 2. The van der Waals surface area contributed by atoms with Gasteiger partial charge in [-0.3, -0.25) is 5.32 Å². The van der Waals surface area contributed by atoms with Crippen molar-refractivity contribution in [2.24, 2.45) is 0 Å². The van der Waals surface area contributed by atoms with Gasteiger partial charge in [-0.2, -0.15) is 10.4 Å². The Morgan fingerprint density at radius 1 is 1.11 bits per heavy atom. The molecule has 1 heterocycles. The number of rotatable bonds is 6. The molecule has 4 aromatic rings. The molecule has 1 unspecified atom stereocenters. The fourth-order valence-electron chi connectivity index (χ4n) is 4.16. The summed E-state index contributed by atoms with van der Waals surface area (Å²) in [5.74, 6) is -0.821. The lowest BCUT2D eigenvalue weighted by Gasteiger charge is -2.16. The molecule has 180 valence electrons. The maximum atomic E-state index is 14.5. The van der Waals surface area contributed by atoms with Crippen LogP contribution in [0.2, 0.25) is 5.02 Å². The van der Waals surface area contributed by atoms with Gasteiger partial charge >= 0.3 is 6.09 Å². The highest BCUT2D eigenvalue weighted by Crippen LogP contribution is 2.47. The van der Waals surface area contributed by atoms with Crippen molar-refractivity contribution in [3.05, 3.63) is 101 Å². The van der Waals surface area contributed by atoms with E-state index in [1.54, 1.807) is 43.3 Å². The first-order valence-electron chi connectivity index (χ1n) is 11.5. The Hall–Kier alpha value is -4.15. The molecule has 1 aliphatic rings. The Bertz CT molecular complexity index is 1450. The summed E-state index contributed by atoms with van der Waals surface area (Å²) in [5.41, 5.74) is 3.90. The third kappa shape index (κ3) is 4.56. The van der Waals surface area contributed by atoms with E-state index < -0.39 is 18.0 Å². The average Bonchev–Trinajstić information content (AvgIpc) is 3.62. The number of carbonyl (C=O) groups is 1. The van der Waals surface area contributed by atoms with Crippen molar-refractivity contribution < 1.29 is 13.9 Å². The largest absolute Gasteiger partial charge is 0.441 e. The highest BCUT2D eigenvalue weighted by molar-refractivity contribution is 6.31. The topological polar surface area (TPSA) is 79.9 Å². The fourth-order valence-corrected chi connectivity index (χ4v) is 4.45. The molecule has 5 rings (SSSR count). The number of carbonyl (C=O) groups excluding carboxylic acids is 1. The van der Waals surface area contributed by atoms with Gasteiger partial charge in [-0.05, 0) is 54.7 Å². The number of nitriles is 1. The van der Waals surface area contributed by atoms with E-state index in [9.17, 15) is 14.4 Å². The van der Waals surface area contributed by atoms with Gasteiger partial charge in [-0.15, -0.1) is 0 Å². The minimum Gasteiger partial charge on any atom is -0.441 e. The van der Waals surface area contributed by atoms with Crippen LogP contribution in [0.25, 0.3) is 16.8 Å². The van der Waals surface area contributed by atoms with E-state index in [2.05, 4.69) is 16.5 Å². The smallest absolute Gasteiger partial charge is 0.413 e. The second kappa shape index (κ2) is 9.48. The SMILES string of the molecule is CC(OC(=O)Nc1c(F)cnn1-c1ccc(-c2ccc(C3(C#N)CC3)cc2)cc1)c1ccccc1Cl. The Morgan fingerprint density at radius 2 is 1.75 bits per heavy atom. The van der Waals surface area contributed by atoms with Crippen molar-refractivity contribution in [1.29, 1.82) is 5.26 Å². The second-order valence-electron chi connectivity index (χ2n) is 8.77. The summed E-state index contributed by atoms with van der Waals surface area (Å²) in [6, 6.07) is 24.8. The quantitative estimate of drug-likeness (QED) is 0.303. The van der Waals surface area contributed by atoms with Crippen molar-refractivity contribution >= 4 is 23.5 Å². The Morgan fingerprint density at radius 3 is 2.36 bits per heavy atom. The maximum Gasteiger partial charge on any atom is 0.413 e. The fraction of sp³-hybridized carbons (Fsp3) is 0.179. The predicted molar refractivity (Wildman–Crippen MR) is 135 cm³/mol. The van der Waals surface area contributed by atoms with Crippen LogP contribution in [0.15, 0.2) is 79.0 Å². The third-order valence-electron chi connectivity index (χ3n) is 6.42. The number of benzene rings is 3. The van der Waals surface area contributed by atoms with Crippen LogP contribution in [-0.2, 0) is 10.2 Å². The standard InChI is InChI=1S/C28H22ClFN4O2/c1-18(23-4-2-3-5-24(23)29)36-27(35)33-26-25(30)16-32-34(26)22-12-8-20(9-13-22)19-6-10-21(11-7-19)28(17-31)14-15-28/h2-13,16,18H,14-15H2,1H3,(H,33,35). The Labute approximate surface area is 212 Å². The minimum atomic E-state index is -0.828. The highest BCUT2D eigenvalue weighted by Gasteiger charge is 2.44. The second-order valence-corrected chi connectivity index (χ2v) is 9.17. The number of hydrogen-bond acceptors (Lipinski definition) is 4. The van der Waals surface area contributed by atoms with Crippen LogP contribution < -0.4 is 5.32 Å². The van der Waals surface area contributed by atoms with E-state index >= 15 is 0 Å².